The van der Waals surface area contributed by atoms with Crippen LogP contribution in [0.2, 0.25) is 0 Å². The Labute approximate surface area is 113 Å². The number of allylic oxidation sites excluding steroid dienone is 2. The lowest BCUT2D eigenvalue weighted by Crippen LogP contribution is -2.12. The molecule has 0 aromatic rings. The van der Waals surface area contributed by atoms with Gasteiger partial charge in [0.15, 0.2) is 0 Å². The molecule has 0 heterocycles. The highest BCUT2D eigenvalue weighted by Crippen LogP contribution is 2.19. The van der Waals surface area contributed by atoms with Crippen molar-refractivity contribution in [3.63, 3.8) is 0 Å². The maximum absolute atomic E-state index is 12.7. The molecular formula is C16H32F2. The van der Waals surface area contributed by atoms with E-state index < -0.39 is 5.67 Å². The molecule has 110 valence electrons. The Balaban J connectivity index is 0. The Kier molecular flexibility index (Phi) is 10.5. The molecule has 0 aliphatic heterocycles. The van der Waals surface area contributed by atoms with Crippen LogP contribution >= 0.6 is 0 Å². The van der Waals surface area contributed by atoms with E-state index in [1.54, 1.807) is 27.7 Å². The van der Waals surface area contributed by atoms with E-state index in [4.69, 9.17) is 0 Å². The molecule has 0 radical (unpaired) electrons. The van der Waals surface area contributed by atoms with Gasteiger partial charge in [-0.05, 0) is 57.9 Å². The second-order valence-electron chi connectivity index (χ2n) is 6.65. The second-order valence-corrected chi connectivity index (χ2v) is 6.65. The first kappa shape index (κ1) is 19.9. The molecule has 0 atom stereocenters. The Morgan fingerprint density at radius 1 is 1.00 bits per heavy atom. The van der Waals surface area contributed by atoms with E-state index in [1.165, 1.54) is 0 Å². The lowest BCUT2D eigenvalue weighted by Gasteiger charge is -2.14. The van der Waals surface area contributed by atoms with Crippen LogP contribution in [0.3, 0.4) is 0 Å². The number of alkyl halides is 1. The van der Waals surface area contributed by atoms with Crippen molar-refractivity contribution in [2.45, 2.75) is 80.3 Å². The molecule has 0 fully saturated rings. The Bertz CT molecular complexity index is 228. The van der Waals surface area contributed by atoms with Crippen molar-refractivity contribution in [2.75, 3.05) is 0 Å². The fourth-order valence-electron chi connectivity index (χ4n) is 1.19. The van der Waals surface area contributed by atoms with E-state index in [9.17, 15) is 8.78 Å². The zero-order valence-electron chi connectivity index (χ0n) is 13.5. The van der Waals surface area contributed by atoms with E-state index in [1.807, 2.05) is 13.8 Å². The van der Waals surface area contributed by atoms with Gasteiger partial charge in [-0.2, -0.15) is 0 Å². The molecule has 18 heavy (non-hydrogen) atoms. The summed E-state index contributed by atoms with van der Waals surface area (Å²) in [5.74, 6) is 1.10. The zero-order chi connectivity index (χ0) is 14.9. The summed E-state index contributed by atoms with van der Waals surface area (Å²) >= 11 is 0. The lowest BCUT2D eigenvalue weighted by atomic mass is 9.99. The fourth-order valence-corrected chi connectivity index (χ4v) is 1.19. The Morgan fingerprint density at radius 3 is 1.56 bits per heavy atom. The van der Waals surface area contributed by atoms with Gasteiger partial charge in [0.2, 0.25) is 0 Å². The molecule has 0 nitrogen and oxygen atoms in total. The van der Waals surface area contributed by atoms with Gasteiger partial charge in [-0.25, -0.2) is 8.78 Å². The molecule has 0 spiro atoms. The molecule has 0 saturated carbocycles. The highest BCUT2D eigenvalue weighted by atomic mass is 19.1. The molecule has 2 heteroatoms. The first-order valence-electron chi connectivity index (χ1n) is 6.96. The molecule has 0 amide bonds. The van der Waals surface area contributed by atoms with Gasteiger partial charge in [0, 0.05) is 6.42 Å². The average Bonchev–Trinajstić information content (AvgIpc) is 2.13. The fraction of sp³-hybridized carbons (Fsp3) is 0.875. The van der Waals surface area contributed by atoms with E-state index in [2.05, 4.69) is 13.8 Å². The number of hydrogen-bond donors (Lipinski definition) is 0. The van der Waals surface area contributed by atoms with E-state index in [0.717, 1.165) is 12.0 Å². The first-order chi connectivity index (χ1) is 7.95. The topological polar surface area (TPSA) is 0 Å². The van der Waals surface area contributed by atoms with Gasteiger partial charge in [0.25, 0.3) is 0 Å². The van der Waals surface area contributed by atoms with Crippen molar-refractivity contribution >= 4 is 0 Å². The summed E-state index contributed by atoms with van der Waals surface area (Å²) < 4.78 is 25.4. The van der Waals surface area contributed by atoms with Crippen molar-refractivity contribution in [3.05, 3.63) is 11.4 Å². The van der Waals surface area contributed by atoms with Crippen LogP contribution in [0.25, 0.3) is 0 Å². The summed E-state index contributed by atoms with van der Waals surface area (Å²) in [7, 11) is 0. The molecule has 0 aromatic carbocycles. The minimum atomic E-state index is -0.968. The van der Waals surface area contributed by atoms with Crippen LogP contribution in [0.1, 0.15) is 74.7 Å². The second kappa shape index (κ2) is 9.52. The summed E-state index contributed by atoms with van der Waals surface area (Å²) in [6, 6.07) is 0. The van der Waals surface area contributed by atoms with Crippen molar-refractivity contribution in [1.82, 2.24) is 0 Å². The predicted molar refractivity (Wildman–Crippen MR) is 78.2 cm³/mol. The van der Waals surface area contributed by atoms with E-state index >= 15 is 0 Å². The first-order valence-corrected chi connectivity index (χ1v) is 6.96. The Hall–Kier alpha value is -0.400. The van der Waals surface area contributed by atoms with Crippen LogP contribution in [0.15, 0.2) is 11.4 Å². The van der Waals surface area contributed by atoms with Crippen LogP contribution in [-0.4, -0.2) is 5.67 Å². The minimum Gasteiger partial charge on any atom is -0.245 e. The van der Waals surface area contributed by atoms with Gasteiger partial charge in [-0.1, -0.05) is 27.7 Å². The SMILES string of the molecule is CC(C)=C(F)CC(C)C.CC(C)CCC(C)(C)F. The van der Waals surface area contributed by atoms with Crippen LogP contribution in [0.4, 0.5) is 8.78 Å². The largest absolute Gasteiger partial charge is 0.245 e. The van der Waals surface area contributed by atoms with Gasteiger partial charge in [0.05, 0.1) is 5.83 Å². The minimum absolute atomic E-state index is 0.0463. The third-order valence-corrected chi connectivity index (χ3v) is 2.45. The van der Waals surface area contributed by atoms with Crippen LogP contribution < -0.4 is 0 Å². The van der Waals surface area contributed by atoms with Crippen molar-refractivity contribution in [1.29, 1.82) is 0 Å². The van der Waals surface area contributed by atoms with Crippen LogP contribution in [-0.2, 0) is 0 Å². The van der Waals surface area contributed by atoms with Gasteiger partial charge in [-0.15, -0.1) is 0 Å². The summed E-state index contributed by atoms with van der Waals surface area (Å²) in [5.41, 5.74) is -0.159. The molecule has 0 N–H and O–H groups in total. The van der Waals surface area contributed by atoms with Crippen LogP contribution in [0.5, 0.6) is 0 Å². The standard InChI is InChI=1S/C8H17F.C8H15F/c1-7(2)5-6-8(3,4)9;1-6(2)5-8(9)7(3)4/h7H,5-6H2,1-4H3;6H,5H2,1-4H3. The van der Waals surface area contributed by atoms with Gasteiger partial charge < -0.3 is 0 Å². The van der Waals surface area contributed by atoms with Crippen molar-refractivity contribution in [3.8, 4) is 0 Å². The molecule has 0 aliphatic rings. The summed E-state index contributed by atoms with van der Waals surface area (Å²) in [5, 5.41) is 0. The molecule has 0 aliphatic carbocycles. The quantitative estimate of drug-likeness (QED) is 0.533. The number of hydrogen-bond acceptors (Lipinski definition) is 0. The maximum atomic E-state index is 12.7. The summed E-state index contributed by atoms with van der Waals surface area (Å²) in [4.78, 5) is 0. The monoisotopic (exact) mass is 262 g/mol. The summed E-state index contributed by atoms with van der Waals surface area (Å²) in [6.45, 7) is 15.1. The van der Waals surface area contributed by atoms with Crippen molar-refractivity contribution < 1.29 is 8.78 Å². The third kappa shape index (κ3) is 18.0. The molecule has 0 rings (SSSR count). The van der Waals surface area contributed by atoms with E-state index in [-0.39, 0.29) is 5.83 Å². The number of halogens is 2. The molecular weight excluding hydrogens is 230 g/mol. The molecule has 0 unspecified atom stereocenters. The zero-order valence-corrected chi connectivity index (χ0v) is 13.5. The summed E-state index contributed by atoms with van der Waals surface area (Å²) in [6.07, 6.45) is 2.26. The number of rotatable bonds is 5. The van der Waals surface area contributed by atoms with Crippen molar-refractivity contribution in [2.24, 2.45) is 11.8 Å². The van der Waals surface area contributed by atoms with E-state index in [0.29, 0.717) is 24.7 Å². The maximum Gasteiger partial charge on any atom is 0.105 e. The lowest BCUT2D eigenvalue weighted by molar-refractivity contribution is 0.189. The molecule has 0 bridgehead atoms. The molecule has 0 aromatic heterocycles. The van der Waals surface area contributed by atoms with Crippen LogP contribution in [0, 0.1) is 11.8 Å². The Morgan fingerprint density at radius 2 is 1.44 bits per heavy atom. The normalized spacial score (nSPS) is 11.3. The molecule has 0 saturated heterocycles. The predicted octanol–water partition coefficient (Wildman–Crippen LogP) is 6.47. The van der Waals surface area contributed by atoms with Gasteiger partial charge in [0.1, 0.15) is 5.67 Å². The smallest absolute Gasteiger partial charge is 0.105 e. The third-order valence-electron chi connectivity index (χ3n) is 2.45. The highest BCUT2D eigenvalue weighted by Gasteiger charge is 2.14. The average molecular weight is 262 g/mol. The van der Waals surface area contributed by atoms with Gasteiger partial charge >= 0.3 is 0 Å². The van der Waals surface area contributed by atoms with Gasteiger partial charge in [-0.3, -0.25) is 0 Å². The highest BCUT2D eigenvalue weighted by molar-refractivity contribution is 5.01.